The molecule has 0 aromatic heterocycles. The summed E-state index contributed by atoms with van der Waals surface area (Å²) in [6.45, 7) is 2.27. The molecule has 0 saturated heterocycles. The molecule has 1 aromatic rings. The first-order valence-electron chi connectivity index (χ1n) is 10.6. The summed E-state index contributed by atoms with van der Waals surface area (Å²) in [4.78, 5) is 0. The number of aryl methyl sites for hydroxylation is 1. The van der Waals surface area contributed by atoms with Crippen LogP contribution in [-0.4, -0.2) is 8.42 Å². The first kappa shape index (κ1) is 22.9. The van der Waals surface area contributed by atoms with Gasteiger partial charge in [0.05, 0.1) is 5.69 Å². The lowest BCUT2D eigenvalue weighted by molar-refractivity contribution is 0.535. The Labute approximate surface area is 162 Å². The number of rotatable bonds is 16. The van der Waals surface area contributed by atoms with Crippen LogP contribution in [-0.2, 0) is 16.9 Å². The van der Waals surface area contributed by atoms with Crippen molar-refractivity contribution in [3.63, 3.8) is 0 Å². The van der Waals surface area contributed by atoms with Crippen LogP contribution in [0.25, 0.3) is 0 Å². The van der Waals surface area contributed by atoms with Crippen LogP contribution in [0.1, 0.15) is 102 Å². The molecule has 0 amide bonds. The van der Waals surface area contributed by atoms with Gasteiger partial charge >= 0.3 is 10.5 Å². The van der Waals surface area contributed by atoms with Crippen molar-refractivity contribution >= 4 is 16.2 Å². The second kappa shape index (κ2) is 16.0. The Morgan fingerprint density at radius 1 is 0.654 bits per heavy atom. The summed E-state index contributed by atoms with van der Waals surface area (Å²) in [6.07, 6.45) is 20.4. The van der Waals surface area contributed by atoms with Crippen LogP contribution in [0.3, 0.4) is 0 Å². The fraction of sp³-hybridized carbons (Fsp3) is 0.727. The number of nitrogens with zero attached hydrogens (tertiary/aromatic N) is 1. The minimum Gasteiger partial charge on any atom is -0.163 e. The molecule has 4 heteroatoms. The van der Waals surface area contributed by atoms with Crippen LogP contribution in [0, 0.1) is 0 Å². The molecule has 26 heavy (non-hydrogen) atoms. The molecule has 0 bridgehead atoms. The third-order valence-electron chi connectivity index (χ3n) is 4.94. The molecule has 0 atom stereocenters. The van der Waals surface area contributed by atoms with Gasteiger partial charge in [0.15, 0.2) is 0 Å². The fourth-order valence-corrected chi connectivity index (χ4v) is 3.63. The number of benzene rings is 1. The van der Waals surface area contributed by atoms with E-state index in [-0.39, 0.29) is 0 Å². The van der Waals surface area contributed by atoms with Crippen molar-refractivity contribution in [2.75, 3.05) is 0 Å². The molecule has 1 aromatic carbocycles. The van der Waals surface area contributed by atoms with E-state index in [0.717, 1.165) is 6.42 Å². The quantitative estimate of drug-likeness (QED) is 0.281. The van der Waals surface area contributed by atoms with Gasteiger partial charge in [-0.25, -0.2) is 0 Å². The van der Waals surface area contributed by atoms with Crippen LogP contribution >= 0.6 is 0 Å². The topological polar surface area (TPSA) is 46.5 Å². The molecule has 0 N–H and O–H groups in total. The normalized spacial score (nSPS) is 10.8. The second-order valence-electron chi connectivity index (χ2n) is 7.32. The summed E-state index contributed by atoms with van der Waals surface area (Å²) in [7, 11) is -2.36. The number of hydrogen-bond acceptors (Lipinski definition) is 3. The summed E-state index contributed by atoms with van der Waals surface area (Å²) in [5.41, 5.74) is 1.77. The second-order valence-corrected chi connectivity index (χ2v) is 7.94. The predicted molar refractivity (Wildman–Crippen MR) is 111 cm³/mol. The fourth-order valence-electron chi connectivity index (χ4n) is 3.33. The van der Waals surface area contributed by atoms with Crippen LogP contribution in [0.15, 0.2) is 28.6 Å². The molecule has 1 rings (SSSR count). The lowest BCUT2D eigenvalue weighted by Gasteiger charge is -2.04. The first-order chi connectivity index (χ1) is 12.7. The lowest BCUT2D eigenvalue weighted by Crippen LogP contribution is -1.86. The SMILES string of the molecule is CCCCCCCCCCCCCCCCc1ccc(N=S(=O)=O)cc1. The third kappa shape index (κ3) is 13.1. The van der Waals surface area contributed by atoms with Gasteiger partial charge in [-0.05, 0) is 30.5 Å². The summed E-state index contributed by atoms with van der Waals surface area (Å²) in [5, 5.41) is 0. The van der Waals surface area contributed by atoms with Crippen molar-refractivity contribution in [2.45, 2.75) is 103 Å². The highest BCUT2D eigenvalue weighted by molar-refractivity contribution is 7.61. The number of hydrogen-bond donors (Lipinski definition) is 0. The van der Waals surface area contributed by atoms with E-state index in [1.165, 1.54) is 95.5 Å². The maximum absolute atomic E-state index is 10.5. The van der Waals surface area contributed by atoms with Crippen molar-refractivity contribution in [1.29, 1.82) is 0 Å². The van der Waals surface area contributed by atoms with Crippen LogP contribution in [0.2, 0.25) is 0 Å². The van der Waals surface area contributed by atoms with E-state index in [1.807, 2.05) is 12.1 Å². The van der Waals surface area contributed by atoms with Crippen LogP contribution in [0.4, 0.5) is 5.69 Å². The van der Waals surface area contributed by atoms with E-state index in [4.69, 9.17) is 0 Å². The predicted octanol–water partition coefficient (Wildman–Crippen LogP) is 7.40. The molecule has 0 aliphatic rings. The minimum atomic E-state index is -2.36. The molecule has 0 spiro atoms. The van der Waals surface area contributed by atoms with Crippen molar-refractivity contribution in [3.05, 3.63) is 29.8 Å². The van der Waals surface area contributed by atoms with E-state index < -0.39 is 10.5 Å². The van der Waals surface area contributed by atoms with Gasteiger partial charge < -0.3 is 0 Å². The highest BCUT2D eigenvalue weighted by Gasteiger charge is 1.97. The van der Waals surface area contributed by atoms with Crippen molar-refractivity contribution < 1.29 is 8.42 Å². The first-order valence-corrected chi connectivity index (χ1v) is 11.7. The van der Waals surface area contributed by atoms with Gasteiger partial charge in [0.1, 0.15) is 0 Å². The molecule has 0 aliphatic heterocycles. The monoisotopic (exact) mass is 379 g/mol. The molecule has 0 fully saturated rings. The van der Waals surface area contributed by atoms with E-state index in [1.54, 1.807) is 12.1 Å². The van der Waals surface area contributed by atoms with Crippen molar-refractivity contribution in [2.24, 2.45) is 4.36 Å². The Hall–Kier alpha value is -1.16. The van der Waals surface area contributed by atoms with Crippen LogP contribution < -0.4 is 0 Å². The van der Waals surface area contributed by atoms with Gasteiger partial charge in [0, 0.05) is 0 Å². The molecule has 0 heterocycles. The van der Waals surface area contributed by atoms with Gasteiger partial charge in [0.2, 0.25) is 0 Å². The Morgan fingerprint density at radius 2 is 1.08 bits per heavy atom. The molecular weight excluding hydrogens is 342 g/mol. The molecule has 3 nitrogen and oxygen atoms in total. The van der Waals surface area contributed by atoms with Gasteiger partial charge in [-0.2, -0.15) is 8.42 Å². The van der Waals surface area contributed by atoms with Crippen LogP contribution in [0.5, 0.6) is 0 Å². The van der Waals surface area contributed by atoms with Gasteiger partial charge in [-0.3, -0.25) is 0 Å². The summed E-state index contributed by atoms with van der Waals surface area (Å²) in [6, 6.07) is 7.51. The Morgan fingerprint density at radius 3 is 1.50 bits per heavy atom. The zero-order valence-corrected chi connectivity index (χ0v) is 17.4. The summed E-state index contributed by atoms with van der Waals surface area (Å²) in [5.74, 6) is 0. The average Bonchev–Trinajstić information content (AvgIpc) is 2.63. The Balaban J connectivity index is 1.90. The van der Waals surface area contributed by atoms with E-state index in [2.05, 4.69) is 11.3 Å². The summed E-state index contributed by atoms with van der Waals surface area (Å²) >= 11 is 0. The number of unbranched alkanes of at least 4 members (excludes halogenated alkanes) is 13. The third-order valence-corrected chi connectivity index (χ3v) is 5.30. The van der Waals surface area contributed by atoms with Gasteiger partial charge in [0.25, 0.3) is 0 Å². The Bertz CT molecular complexity index is 571. The molecular formula is C22H37NO2S. The van der Waals surface area contributed by atoms with Gasteiger partial charge in [-0.1, -0.05) is 103 Å². The zero-order valence-electron chi connectivity index (χ0n) is 16.6. The lowest BCUT2D eigenvalue weighted by atomic mass is 10.0. The molecule has 0 aliphatic carbocycles. The van der Waals surface area contributed by atoms with Crippen molar-refractivity contribution in [3.8, 4) is 0 Å². The highest BCUT2D eigenvalue weighted by atomic mass is 32.2. The Kier molecular flexibility index (Phi) is 14.1. The van der Waals surface area contributed by atoms with E-state index in [9.17, 15) is 8.42 Å². The minimum absolute atomic E-state index is 0.503. The smallest absolute Gasteiger partial charge is 0.163 e. The standard InChI is InChI=1S/C22H37NO2S/c1-2-3-4-5-6-7-8-9-10-11-12-13-14-15-16-21-17-19-22(20-18-21)23-26(24)25/h17-20H,2-16H2,1H3. The molecule has 0 saturated carbocycles. The van der Waals surface area contributed by atoms with Crippen molar-refractivity contribution in [1.82, 2.24) is 0 Å². The maximum atomic E-state index is 10.5. The van der Waals surface area contributed by atoms with E-state index >= 15 is 0 Å². The highest BCUT2D eigenvalue weighted by Crippen LogP contribution is 2.16. The molecule has 0 radical (unpaired) electrons. The zero-order chi connectivity index (χ0) is 18.9. The molecule has 148 valence electrons. The average molecular weight is 380 g/mol. The largest absolute Gasteiger partial charge is 0.316 e. The van der Waals surface area contributed by atoms with Gasteiger partial charge in [-0.15, -0.1) is 4.36 Å². The molecule has 0 unspecified atom stereocenters. The maximum Gasteiger partial charge on any atom is 0.316 e. The van der Waals surface area contributed by atoms with E-state index in [0.29, 0.717) is 5.69 Å². The summed E-state index contributed by atoms with van der Waals surface area (Å²) < 4.78 is 24.5.